The largest absolute Gasteiger partial charge is 0.412 e. The van der Waals surface area contributed by atoms with Crippen molar-refractivity contribution in [1.82, 2.24) is 10.6 Å². The van der Waals surface area contributed by atoms with E-state index in [4.69, 9.17) is 16.3 Å². The van der Waals surface area contributed by atoms with E-state index < -0.39 is 17.8 Å². The zero-order valence-electron chi connectivity index (χ0n) is 12.0. The first-order chi connectivity index (χ1) is 11.1. The number of ether oxygens (including phenoxy) is 1. The summed E-state index contributed by atoms with van der Waals surface area (Å²) in [5.41, 5.74) is -0.221. The number of halogens is 2. The molecule has 2 aromatic carbocycles. The maximum absolute atomic E-state index is 13.5. The van der Waals surface area contributed by atoms with Crippen molar-refractivity contribution in [2.75, 3.05) is 13.1 Å². The third-order valence-electron chi connectivity index (χ3n) is 2.82. The molecule has 7 heteroatoms. The van der Waals surface area contributed by atoms with Gasteiger partial charge < -0.3 is 15.4 Å². The van der Waals surface area contributed by atoms with Crippen molar-refractivity contribution >= 4 is 23.6 Å². The van der Waals surface area contributed by atoms with E-state index in [1.165, 1.54) is 12.1 Å². The third kappa shape index (κ3) is 4.96. The number of hydrogen-bond donors (Lipinski definition) is 2. The van der Waals surface area contributed by atoms with Crippen LogP contribution in [-0.4, -0.2) is 25.1 Å². The van der Waals surface area contributed by atoms with Crippen LogP contribution in [0.3, 0.4) is 0 Å². The number of carbonyl (C=O) groups is 2. The highest BCUT2D eigenvalue weighted by atomic mass is 35.5. The molecule has 0 aliphatic heterocycles. The second kappa shape index (κ2) is 8.14. The molecule has 0 bridgehead atoms. The summed E-state index contributed by atoms with van der Waals surface area (Å²) < 4.78 is 18.5. The molecule has 0 aliphatic carbocycles. The van der Waals surface area contributed by atoms with E-state index in [9.17, 15) is 14.0 Å². The second-order valence-electron chi connectivity index (χ2n) is 4.48. The molecule has 2 rings (SSSR count). The molecule has 0 unspecified atom stereocenters. The number of benzene rings is 2. The lowest BCUT2D eigenvalue weighted by molar-refractivity contribution is 0.0949. The fourth-order valence-corrected chi connectivity index (χ4v) is 2.02. The summed E-state index contributed by atoms with van der Waals surface area (Å²) in [6.45, 7) is 0.233. The minimum Gasteiger partial charge on any atom is -0.410 e. The van der Waals surface area contributed by atoms with Crippen LogP contribution in [0.2, 0.25) is 5.02 Å². The van der Waals surface area contributed by atoms with E-state index in [1.807, 2.05) is 0 Å². The van der Waals surface area contributed by atoms with Gasteiger partial charge in [-0.1, -0.05) is 35.9 Å². The molecular weight excluding hydrogens is 323 g/mol. The first kappa shape index (κ1) is 16.8. The number of rotatable bonds is 5. The molecule has 0 saturated carbocycles. The van der Waals surface area contributed by atoms with Crippen molar-refractivity contribution in [2.24, 2.45) is 0 Å². The molecule has 0 radical (unpaired) electrons. The predicted molar refractivity (Wildman–Crippen MR) is 84.2 cm³/mol. The summed E-state index contributed by atoms with van der Waals surface area (Å²) in [5.74, 6) is -0.940. The molecule has 0 heterocycles. The Morgan fingerprint density at radius 2 is 1.70 bits per heavy atom. The number of nitrogens with one attached hydrogen (secondary N) is 2. The molecule has 0 aromatic heterocycles. The van der Waals surface area contributed by atoms with Crippen LogP contribution >= 0.6 is 11.6 Å². The van der Waals surface area contributed by atoms with Gasteiger partial charge in [0.15, 0.2) is 0 Å². The van der Waals surface area contributed by atoms with Gasteiger partial charge in [-0.15, -0.1) is 0 Å². The highest BCUT2D eigenvalue weighted by Gasteiger charge is 2.15. The van der Waals surface area contributed by atoms with Crippen molar-refractivity contribution < 1.29 is 18.7 Å². The van der Waals surface area contributed by atoms with Crippen molar-refractivity contribution in [1.29, 1.82) is 0 Å². The van der Waals surface area contributed by atoms with Crippen molar-refractivity contribution in [2.45, 2.75) is 0 Å². The van der Waals surface area contributed by atoms with Crippen LogP contribution in [-0.2, 0) is 0 Å². The molecule has 23 heavy (non-hydrogen) atoms. The van der Waals surface area contributed by atoms with Crippen LogP contribution in [0.15, 0.2) is 48.5 Å². The first-order valence-electron chi connectivity index (χ1n) is 6.81. The molecule has 5 nitrogen and oxygen atoms in total. The molecule has 0 saturated heterocycles. The predicted octanol–water partition coefficient (Wildman–Crippen LogP) is 3.00. The van der Waals surface area contributed by atoms with E-state index in [1.54, 1.807) is 30.3 Å². The van der Waals surface area contributed by atoms with Gasteiger partial charge in [-0.2, -0.15) is 0 Å². The van der Waals surface area contributed by atoms with Gasteiger partial charge in [0.2, 0.25) is 0 Å². The highest BCUT2D eigenvalue weighted by molar-refractivity contribution is 6.33. The zero-order chi connectivity index (χ0) is 16.7. The lowest BCUT2D eigenvalue weighted by Gasteiger charge is -2.09. The summed E-state index contributed by atoms with van der Waals surface area (Å²) in [4.78, 5) is 23.4. The molecular formula is C16H14ClFN2O3. The van der Waals surface area contributed by atoms with Gasteiger partial charge >= 0.3 is 6.09 Å². The van der Waals surface area contributed by atoms with E-state index in [-0.39, 0.29) is 23.7 Å². The summed E-state index contributed by atoms with van der Waals surface area (Å²) in [6, 6.07) is 12.5. The Morgan fingerprint density at radius 1 is 1.00 bits per heavy atom. The third-order valence-corrected chi connectivity index (χ3v) is 3.14. The van der Waals surface area contributed by atoms with Gasteiger partial charge in [-0.3, -0.25) is 4.79 Å². The summed E-state index contributed by atoms with van der Waals surface area (Å²) >= 11 is 5.79. The van der Waals surface area contributed by atoms with Crippen LogP contribution < -0.4 is 15.4 Å². The Balaban J connectivity index is 1.75. The van der Waals surface area contributed by atoms with Crippen molar-refractivity contribution in [3.05, 3.63) is 64.9 Å². The Labute approximate surface area is 137 Å². The average molecular weight is 337 g/mol. The van der Waals surface area contributed by atoms with Gasteiger partial charge in [0.1, 0.15) is 11.6 Å². The van der Waals surface area contributed by atoms with Gasteiger partial charge in [0.25, 0.3) is 5.91 Å². The number of hydrogen-bond acceptors (Lipinski definition) is 3. The van der Waals surface area contributed by atoms with Crippen LogP contribution in [0.5, 0.6) is 5.75 Å². The Hall–Kier alpha value is -2.60. The monoisotopic (exact) mass is 336 g/mol. The maximum Gasteiger partial charge on any atom is 0.412 e. The quantitative estimate of drug-likeness (QED) is 0.825. The van der Waals surface area contributed by atoms with Gasteiger partial charge in [-0.05, 0) is 24.3 Å². The maximum atomic E-state index is 13.5. The number of para-hydroxylation sites is 1. The number of amides is 2. The van der Waals surface area contributed by atoms with Gasteiger partial charge in [-0.25, -0.2) is 9.18 Å². The molecule has 0 fully saturated rings. The lowest BCUT2D eigenvalue weighted by Crippen LogP contribution is -2.36. The molecule has 0 aliphatic rings. The SMILES string of the molecule is O=C(NCCNC(=O)c1c(F)cccc1Cl)Oc1ccccc1. The Bertz CT molecular complexity index is 675. The van der Waals surface area contributed by atoms with E-state index in [2.05, 4.69) is 10.6 Å². The Morgan fingerprint density at radius 3 is 2.39 bits per heavy atom. The van der Waals surface area contributed by atoms with Crippen LogP contribution in [0.25, 0.3) is 0 Å². The molecule has 2 aromatic rings. The summed E-state index contributed by atoms with van der Waals surface area (Å²) in [6.07, 6.45) is -0.644. The fourth-order valence-electron chi connectivity index (χ4n) is 1.78. The van der Waals surface area contributed by atoms with E-state index in [0.717, 1.165) is 6.07 Å². The second-order valence-corrected chi connectivity index (χ2v) is 4.89. The molecule has 120 valence electrons. The van der Waals surface area contributed by atoms with Crippen LogP contribution in [0.4, 0.5) is 9.18 Å². The molecule has 2 amide bonds. The van der Waals surface area contributed by atoms with Crippen LogP contribution in [0.1, 0.15) is 10.4 Å². The molecule has 0 atom stereocenters. The summed E-state index contributed by atoms with van der Waals surface area (Å²) in [7, 11) is 0. The fraction of sp³-hybridized carbons (Fsp3) is 0.125. The van der Waals surface area contributed by atoms with Crippen molar-refractivity contribution in [3.8, 4) is 5.75 Å². The molecule has 0 spiro atoms. The van der Waals surface area contributed by atoms with E-state index in [0.29, 0.717) is 5.75 Å². The van der Waals surface area contributed by atoms with Gasteiger partial charge in [0.05, 0.1) is 10.6 Å². The normalized spacial score (nSPS) is 10.0. The minimum atomic E-state index is -0.702. The molecule has 2 N–H and O–H groups in total. The smallest absolute Gasteiger partial charge is 0.410 e. The first-order valence-corrected chi connectivity index (χ1v) is 7.18. The topological polar surface area (TPSA) is 67.4 Å². The van der Waals surface area contributed by atoms with Crippen molar-refractivity contribution in [3.63, 3.8) is 0 Å². The average Bonchev–Trinajstić information content (AvgIpc) is 2.52. The van der Waals surface area contributed by atoms with E-state index >= 15 is 0 Å². The summed E-state index contributed by atoms with van der Waals surface area (Å²) in [5, 5.41) is 4.96. The standard InChI is InChI=1S/C16H14ClFN2O3/c17-12-7-4-8-13(18)14(12)15(21)19-9-10-20-16(22)23-11-5-2-1-3-6-11/h1-8H,9-10H2,(H,19,21)(H,20,22). The lowest BCUT2D eigenvalue weighted by atomic mass is 10.2. The minimum absolute atomic E-state index is 0.0268. The zero-order valence-corrected chi connectivity index (χ0v) is 12.8. The highest BCUT2D eigenvalue weighted by Crippen LogP contribution is 2.18. The van der Waals surface area contributed by atoms with Crippen LogP contribution in [0, 0.1) is 5.82 Å². The van der Waals surface area contributed by atoms with Gasteiger partial charge in [0, 0.05) is 13.1 Å². The number of carbonyl (C=O) groups excluding carboxylic acids is 2. The Kier molecular flexibility index (Phi) is 5.94.